The minimum Gasteiger partial charge on any atom is -0.305 e. The second-order valence-electron chi connectivity index (χ2n) is 14.1. The fourth-order valence-electron chi connectivity index (χ4n) is 7.43. The van der Waals surface area contributed by atoms with Crippen LogP contribution in [0.15, 0.2) is 170 Å². The van der Waals surface area contributed by atoms with Crippen LogP contribution in [0.25, 0.3) is 76.9 Å². The summed E-state index contributed by atoms with van der Waals surface area (Å²) >= 11 is 0. The molecule has 0 aliphatic heterocycles. The zero-order chi connectivity index (χ0) is 38.4. The molecule has 0 bridgehead atoms. The molecule has 0 amide bonds. The van der Waals surface area contributed by atoms with Crippen molar-refractivity contribution in [3.8, 4) is 33.8 Å². The van der Waals surface area contributed by atoms with E-state index in [2.05, 4.69) is 170 Å². The Kier molecular flexibility index (Phi) is 12.1. The van der Waals surface area contributed by atoms with E-state index in [1.807, 2.05) is 54.9 Å². The summed E-state index contributed by atoms with van der Waals surface area (Å²) in [5.74, 6) is 0. The molecule has 0 atom stereocenters. The average Bonchev–Trinajstić information content (AvgIpc) is 3.23. The molecule has 4 heteroatoms. The molecule has 0 saturated carbocycles. The molecule has 10 rings (SSSR count). The third-order valence-corrected chi connectivity index (χ3v) is 9.80. The summed E-state index contributed by atoms with van der Waals surface area (Å²) < 4.78 is 0. The van der Waals surface area contributed by atoms with Crippen LogP contribution in [0.5, 0.6) is 0 Å². The number of hydrogen-bond acceptors (Lipinski definition) is 3. The van der Waals surface area contributed by atoms with Crippen LogP contribution in [0.2, 0.25) is 0 Å². The van der Waals surface area contributed by atoms with E-state index >= 15 is 0 Å². The fraction of sp³-hybridized carbons (Fsp3) is 0.0755. The summed E-state index contributed by atoms with van der Waals surface area (Å²) in [6, 6.07) is 62.2. The van der Waals surface area contributed by atoms with Crippen LogP contribution >= 0.6 is 0 Å². The van der Waals surface area contributed by atoms with E-state index in [0.29, 0.717) is 0 Å². The van der Waals surface area contributed by atoms with Crippen LogP contribution in [0.1, 0.15) is 22.3 Å². The zero-order valence-electron chi connectivity index (χ0n) is 32.3. The average molecular weight is 911 g/mol. The largest absolute Gasteiger partial charge is 3.00 e. The molecule has 3 heterocycles. The number of aromatic nitrogens is 3. The maximum absolute atomic E-state index is 4.63. The van der Waals surface area contributed by atoms with E-state index in [4.69, 9.17) is 0 Å². The first-order valence-electron chi connectivity index (χ1n) is 18.8. The number of benzene rings is 7. The third-order valence-electron chi connectivity index (χ3n) is 9.80. The summed E-state index contributed by atoms with van der Waals surface area (Å²) in [7, 11) is 0. The molecule has 57 heavy (non-hydrogen) atoms. The van der Waals surface area contributed by atoms with Gasteiger partial charge in [-0.25, -0.2) is 0 Å². The van der Waals surface area contributed by atoms with Gasteiger partial charge < -0.3 is 15.0 Å². The van der Waals surface area contributed by atoms with Crippen molar-refractivity contribution in [1.29, 1.82) is 0 Å². The molecule has 3 aromatic heterocycles. The van der Waals surface area contributed by atoms with Crippen LogP contribution in [0.3, 0.4) is 0 Å². The smallest absolute Gasteiger partial charge is 0.305 e. The Morgan fingerprint density at radius 2 is 0.895 bits per heavy atom. The molecule has 0 aliphatic carbocycles. The zero-order valence-corrected chi connectivity index (χ0v) is 34.7. The molecular weight excluding hydrogens is 871 g/mol. The summed E-state index contributed by atoms with van der Waals surface area (Å²) in [5, 5.41) is 9.92. The molecular formula is C53H40IrN3. The number of hydrogen-bond donors (Lipinski definition) is 0. The van der Waals surface area contributed by atoms with Crippen LogP contribution in [-0.4, -0.2) is 15.0 Å². The first-order chi connectivity index (χ1) is 27.4. The summed E-state index contributed by atoms with van der Waals surface area (Å²) in [6.07, 6.45) is 5.58. The van der Waals surface area contributed by atoms with Crippen LogP contribution in [0.4, 0.5) is 0 Å². The second kappa shape index (κ2) is 17.6. The van der Waals surface area contributed by atoms with Gasteiger partial charge in [-0.3, -0.25) is 0 Å². The van der Waals surface area contributed by atoms with Crippen molar-refractivity contribution in [2.24, 2.45) is 0 Å². The molecule has 276 valence electrons. The molecule has 0 aliphatic rings. The summed E-state index contributed by atoms with van der Waals surface area (Å²) in [6.45, 7) is 8.39. The minimum absolute atomic E-state index is 0. The van der Waals surface area contributed by atoms with Gasteiger partial charge in [-0.2, -0.15) is 0 Å². The van der Waals surface area contributed by atoms with E-state index < -0.39 is 0 Å². The van der Waals surface area contributed by atoms with Gasteiger partial charge in [-0.05, 0) is 78.4 Å². The van der Waals surface area contributed by atoms with Gasteiger partial charge in [-0.1, -0.05) is 113 Å². The molecule has 0 fully saturated rings. The van der Waals surface area contributed by atoms with Gasteiger partial charge in [-0.15, -0.1) is 106 Å². The monoisotopic (exact) mass is 911 g/mol. The van der Waals surface area contributed by atoms with Crippen LogP contribution in [0, 0.1) is 45.9 Å². The molecule has 7 aromatic carbocycles. The summed E-state index contributed by atoms with van der Waals surface area (Å²) in [4.78, 5) is 13.5. The first kappa shape index (κ1) is 38.9. The van der Waals surface area contributed by atoms with Crippen molar-refractivity contribution in [2.75, 3.05) is 0 Å². The number of fused-ring (bicyclic) bond motifs is 6. The number of nitrogens with zero attached hydrogens (tertiary/aromatic N) is 3. The van der Waals surface area contributed by atoms with Crippen molar-refractivity contribution in [3.05, 3.63) is 211 Å². The van der Waals surface area contributed by atoms with Gasteiger partial charge in [0, 0.05) is 18.6 Å². The fourth-order valence-corrected chi connectivity index (χ4v) is 7.43. The van der Waals surface area contributed by atoms with Crippen molar-refractivity contribution in [1.82, 2.24) is 15.0 Å². The molecule has 0 N–H and O–H groups in total. The Balaban J connectivity index is 0.000000135. The Morgan fingerprint density at radius 3 is 1.37 bits per heavy atom. The topological polar surface area (TPSA) is 38.7 Å². The molecule has 0 saturated heterocycles. The van der Waals surface area contributed by atoms with Gasteiger partial charge in [0.2, 0.25) is 0 Å². The van der Waals surface area contributed by atoms with Crippen molar-refractivity contribution >= 4 is 43.1 Å². The van der Waals surface area contributed by atoms with Crippen molar-refractivity contribution < 1.29 is 20.1 Å². The predicted octanol–water partition coefficient (Wildman–Crippen LogP) is 13.5. The number of pyridine rings is 3. The quantitative estimate of drug-likeness (QED) is 0.131. The normalized spacial score (nSPS) is 10.7. The first-order valence-corrected chi connectivity index (χ1v) is 18.8. The van der Waals surface area contributed by atoms with Crippen LogP contribution in [-0.2, 0) is 20.1 Å². The van der Waals surface area contributed by atoms with Gasteiger partial charge in [0.05, 0.1) is 0 Å². The SMILES string of the molecule is Cc1[c-]c(-c2nccc3c2ccc2ccccc23)cc(C)c1.Cc1[c-]c(-c2nccc3c2ccc2ccccc23)cc(C)c1.[Ir+3].[c-]1ccccc1-c1ccccn1. The number of aryl methyl sites for hydroxylation is 4. The summed E-state index contributed by atoms with van der Waals surface area (Å²) in [5.41, 5.74) is 10.9. The van der Waals surface area contributed by atoms with Crippen molar-refractivity contribution in [3.63, 3.8) is 0 Å². The molecule has 3 nitrogen and oxygen atoms in total. The third kappa shape index (κ3) is 8.74. The maximum atomic E-state index is 4.63. The van der Waals surface area contributed by atoms with E-state index in [1.165, 1.54) is 54.2 Å². The van der Waals surface area contributed by atoms with E-state index in [1.54, 1.807) is 6.20 Å². The van der Waals surface area contributed by atoms with Gasteiger partial charge in [0.25, 0.3) is 0 Å². The molecule has 0 radical (unpaired) electrons. The van der Waals surface area contributed by atoms with E-state index in [-0.39, 0.29) is 20.1 Å². The Morgan fingerprint density at radius 1 is 0.386 bits per heavy atom. The van der Waals surface area contributed by atoms with Gasteiger partial charge >= 0.3 is 20.1 Å². The molecule has 10 aromatic rings. The second-order valence-corrected chi connectivity index (χ2v) is 14.1. The molecule has 0 spiro atoms. The molecule has 0 unspecified atom stereocenters. The van der Waals surface area contributed by atoms with E-state index in [0.717, 1.165) is 44.9 Å². The Hall–Kier alpha value is -6.32. The van der Waals surface area contributed by atoms with Gasteiger partial charge in [0.1, 0.15) is 0 Å². The van der Waals surface area contributed by atoms with Crippen LogP contribution < -0.4 is 0 Å². The standard InChI is InChI=1S/2C21H16N.C11H8N.Ir/c2*1-14-11-15(2)13-17(12-14)21-20-8-7-16-5-3-4-6-18(16)19(20)9-10-22-21;1-2-6-10(7-3-1)11-8-4-5-9-12-11;/h2*3-12H,1-2H3;1-6,8-9H;/q3*-1;+3. The van der Waals surface area contributed by atoms with Gasteiger partial charge in [0.15, 0.2) is 0 Å². The minimum atomic E-state index is 0. The Labute approximate surface area is 348 Å². The Bertz CT molecular complexity index is 2710. The van der Waals surface area contributed by atoms with E-state index in [9.17, 15) is 0 Å². The number of rotatable bonds is 3. The van der Waals surface area contributed by atoms with Crippen molar-refractivity contribution in [2.45, 2.75) is 27.7 Å². The maximum Gasteiger partial charge on any atom is 3.00 e. The predicted molar refractivity (Wildman–Crippen MR) is 234 cm³/mol.